The number of aryl methyl sites for hydroxylation is 1. The Bertz CT molecular complexity index is 1430. The number of ether oxygens (including phenoxy) is 2. The van der Waals surface area contributed by atoms with E-state index in [0.29, 0.717) is 52.2 Å². The number of methoxy groups -OCH3 is 2. The van der Waals surface area contributed by atoms with Gasteiger partial charge in [0.15, 0.2) is 17.1 Å². The molecule has 0 radical (unpaired) electrons. The van der Waals surface area contributed by atoms with Gasteiger partial charge in [-0.05, 0) is 56.5 Å². The number of hydrogen-bond acceptors (Lipinski definition) is 6. The number of hydrogen-bond donors (Lipinski definition) is 0. The fraction of sp³-hybridized carbons (Fsp3) is 0.320. The lowest BCUT2D eigenvalue weighted by molar-refractivity contribution is 0.0725. The van der Waals surface area contributed by atoms with Gasteiger partial charge >= 0.3 is 0 Å². The van der Waals surface area contributed by atoms with Crippen molar-refractivity contribution in [2.75, 3.05) is 27.3 Å². The van der Waals surface area contributed by atoms with Crippen LogP contribution in [-0.2, 0) is 0 Å². The summed E-state index contributed by atoms with van der Waals surface area (Å²) < 4.78 is 17.7. The van der Waals surface area contributed by atoms with Crippen LogP contribution in [0.2, 0.25) is 0 Å². The molecule has 1 fully saturated rings. The molecule has 2 aromatic carbocycles. The van der Waals surface area contributed by atoms with Crippen LogP contribution in [0.15, 0.2) is 45.8 Å². The predicted octanol–water partition coefficient (Wildman–Crippen LogP) is 4.08. The van der Waals surface area contributed by atoms with Gasteiger partial charge in [0.25, 0.3) is 11.5 Å². The van der Waals surface area contributed by atoms with Crippen molar-refractivity contribution in [2.24, 2.45) is 0 Å². The number of amides is 1. The summed E-state index contributed by atoms with van der Waals surface area (Å²) in [4.78, 5) is 29.1. The van der Waals surface area contributed by atoms with Gasteiger partial charge in [-0.2, -0.15) is 0 Å². The third-order valence-electron chi connectivity index (χ3n) is 6.31. The molecular weight excluding hydrogens is 422 g/mol. The summed E-state index contributed by atoms with van der Waals surface area (Å²) in [5.41, 5.74) is 2.20. The number of carbonyl (C=O) groups is 1. The Balaban J connectivity index is 1.78. The van der Waals surface area contributed by atoms with Gasteiger partial charge in [-0.1, -0.05) is 5.16 Å². The molecule has 1 amide bonds. The van der Waals surface area contributed by atoms with E-state index in [1.54, 1.807) is 30.5 Å². The van der Waals surface area contributed by atoms with E-state index in [1.165, 1.54) is 18.8 Å². The zero-order chi connectivity index (χ0) is 23.1. The molecule has 33 heavy (non-hydrogen) atoms. The van der Waals surface area contributed by atoms with Crippen LogP contribution in [0.4, 0.5) is 0 Å². The molecule has 0 N–H and O–H groups in total. The van der Waals surface area contributed by atoms with Gasteiger partial charge in [0.05, 0.1) is 30.9 Å². The molecule has 0 unspecified atom stereocenters. The lowest BCUT2D eigenvalue weighted by Gasteiger charge is -2.27. The molecule has 4 aromatic rings. The van der Waals surface area contributed by atoms with Gasteiger partial charge < -0.3 is 18.9 Å². The highest BCUT2D eigenvalue weighted by atomic mass is 16.5. The molecule has 0 bridgehead atoms. The maximum atomic E-state index is 13.6. The molecule has 8 heteroatoms. The molecule has 3 heterocycles. The normalized spacial score (nSPS) is 14.1. The van der Waals surface area contributed by atoms with Gasteiger partial charge in [-0.3, -0.25) is 14.2 Å². The van der Waals surface area contributed by atoms with Crippen LogP contribution < -0.4 is 15.0 Å². The Kier molecular flexibility index (Phi) is 5.28. The Labute approximate surface area is 190 Å². The summed E-state index contributed by atoms with van der Waals surface area (Å²) in [6, 6.07) is 8.77. The lowest BCUT2D eigenvalue weighted by Crippen LogP contribution is -2.36. The van der Waals surface area contributed by atoms with Crippen molar-refractivity contribution in [1.82, 2.24) is 14.6 Å². The molecule has 0 spiro atoms. The van der Waals surface area contributed by atoms with E-state index in [2.05, 4.69) is 5.16 Å². The molecule has 8 nitrogen and oxygen atoms in total. The van der Waals surface area contributed by atoms with Crippen LogP contribution in [0.3, 0.4) is 0 Å². The molecule has 0 saturated carbocycles. The number of benzene rings is 2. The van der Waals surface area contributed by atoms with Crippen molar-refractivity contribution in [1.29, 1.82) is 0 Å². The topological polar surface area (TPSA) is 86.8 Å². The van der Waals surface area contributed by atoms with E-state index in [4.69, 9.17) is 14.0 Å². The summed E-state index contributed by atoms with van der Waals surface area (Å²) in [6.45, 7) is 3.26. The predicted molar refractivity (Wildman–Crippen MR) is 125 cm³/mol. The van der Waals surface area contributed by atoms with Crippen molar-refractivity contribution < 1.29 is 18.8 Å². The smallest absolute Gasteiger partial charge is 0.263 e. The molecule has 0 aliphatic carbocycles. The number of nitrogens with zero attached hydrogens (tertiary/aromatic N) is 3. The third-order valence-corrected chi connectivity index (χ3v) is 6.31. The third kappa shape index (κ3) is 3.51. The molecular formula is C25H25N3O5. The molecule has 5 rings (SSSR count). The van der Waals surface area contributed by atoms with Gasteiger partial charge in [-0.25, -0.2) is 0 Å². The molecule has 1 saturated heterocycles. The molecule has 170 valence electrons. The number of carbonyl (C=O) groups excluding carboxylic acids is 1. The average Bonchev–Trinajstić information content (AvgIpc) is 3.23. The average molecular weight is 447 g/mol. The lowest BCUT2D eigenvalue weighted by atomic mass is 10.0. The molecule has 1 aliphatic rings. The minimum Gasteiger partial charge on any atom is -0.493 e. The number of aromatic nitrogens is 2. The summed E-state index contributed by atoms with van der Waals surface area (Å²) in [6.07, 6.45) is 4.71. The Morgan fingerprint density at radius 1 is 0.970 bits per heavy atom. The Morgan fingerprint density at radius 3 is 2.36 bits per heavy atom. The molecule has 2 aromatic heterocycles. The first kappa shape index (κ1) is 21.1. The van der Waals surface area contributed by atoms with E-state index in [-0.39, 0.29) is 11.5 Å². The summed E-state index contributed by atoms with van der Waals surface area (Å²) in [5.74, 6) is 0.806. The first-order valence-electron chi connectivity index (χ1n) is 11.0. The van der Waals surface area contributed by atoms with E-state index < -0.39 is 0 Å². The van der Waals surface area contributed by atoms with E-state index >= 15 is 0 Å². The Hall–Kier alpha value is -3.81. The van der Waals surface area contributed by atoms with E-state index in [0.717, 1.165) is 30.3 Å². The van der Waals surface area contributed by atoms with E-state index in [1.807, 2.05) is 17.9 Å². The fourth-order valence-corrected chi connectivity index (χ4v) is 4.49. The summed E-state index contributed by atoms with van der Waals surface area (Å²) in [5, 5.41) is 5.75. The highest BCUT2D eigenvalue weighted by molar-refractivity contribution is 6.07. The number of fused-ring (bicyclic) bond motifs is 2. The van der Waals surface area contributed by atoms with Crippen molar-refractivity contribution in [3.63, 3.8) is 0 Å². The maximum Gasteiger partial charge on any atom is 0.263 e. The zero-order valence-corrected chi connectivity index (χ0v) is 18.9. The fourth-order valence-electron chi connectivity index (χ4n) is 4.49. The van der Waals surface area contributed by atoms with Crippen LogP contribution in [0, 0.1) is 6.92 Å². The second-order valence-corrected chi connectivity index (χ2v) is 8.27. The monoisotopic (exact) mass is 447 g/mol. The second-order valence-electron chi connectivity index (χ2n) is 8.27. The van der Waals surface area contributed by atoms with Crippen LogP contribution >= 0.6 is 0 Å². The first-order valence-corrected chi connectivity index (χ1v) is 11.0. The number of pyridine rings is 1. The minimum absolute atomic E-state index is 0.0945. The van der Waals surface area contributed by atoms with Crippen LogP contribution in [0.25, 0.3) is 27.4 Å². The highest BCUT2D eigenvalue weighted by Crippen LogP contribution is 2.33. The second kappa shape index (κ2) is 8.27. The molecule has 1 aliphatic heterocycles. The van der Waals surface area contributed by atoms with Crippen LogP contribution in [0.5, 0.6) is 11.5 Å². The minimum atomic E-state index is -0.255. The van der Waals surface area contributed by atoms with Gasteiger partial charge in [0.2, 0.25) is 0 Å². The summed E-state index contributed by atoms with van der Waals surface area (Å²) >= 11 is 0. The van der Waals surface area contributed by atoms with Crippen LogP contribution in [-0.4, -0.2) is 47.8 Å². The zero-order valence-electron chi connectivity index (χ0n) is 18.9. The highest BCUT2D eigenvalue weighted by Gasteiger charge is 2.24. The van der Waals surface area contributed by atoms with Crippen molar-refractivity contribution >= 4 is 27.6 Å². The quantitative estimate of drug-likeness (QED) is 0.468. The van der Waals surface area contributed by atoms with Crippen LogP contribution in [0.1, 0.15) is 35.3 Å². The van der Waals surface area contributed by atoms with Crippen molar-refractivity contribution in [3.05, 3.63) is 58.1 Å². The van der Waals surface area contributed by atoms with Crippen molar-refractivity contribution in [2.45, 2.75) is 26.2 Å². The van der Waals surface area contributed by atoms with E-state index in [9.17, 15) is 9.59 Å². The van der Waals surface area contributed by atoms with Gasteiger partial charge in [-0.15, -0.1) is 0 Å². The number of likely N-dealkylation sites (tertiary alicyclic amines) is 1. The first-order chi connectivity index (χ1) is 16.0. The Morgan fingerprint density at radius 2 is 1.67 bits per heavy atom. The maximum absolute atomic E-state index is 13.6. The van der Waals surface area contributed by atoms with Gasteiger partial charge in [0, 0.05) is 35.7 Å². The standard InChI is InChI=1S/C25H25N3O5/c1-15-17-11-16(7-8-21(17)33-26-15)28-14-20(24(29)27-9-5-4-6-10-27)18-12-22(31-2)23(32-3)13-19(18)25(28)30/h7-8,11-14H,4-6,9-10H2,1-3H3. The number of rotatable bonds is 4. The largest absolute Gasteiger partial charge is 0.493 e. The van der Waals surface area contributed by atoms with Gasteiger partial charge in [0.1, 0.15) is 0 Å². The van der Waals surface area contributed by atoms with Crippen molar-refractivity contribution in [3.8, 4) is 17.2 Å². The SMILES string of the molecule is COc1cc2c(C(=O)N3CCCCC3)cn(-c3ccc4onc(C)c4c3)c(=O)c2cc1OC. The number of piperidine rings is 1. The molecule has 0 atom stereocenters. The summed E-state index contributed by atoms with van der Waals surface area (Å²) in [7, 11) is 3.06.